The zero-order valence-corrected chi connectivity index (χ0v) is 17.0. The zero-order chi connectivity index (χ0) is 20.3. The molecule has 2 amide bonds. The van der Waals surface area contributed by atoms with Gasteiger partial charge in [-0.15, -0.1) is 11.8 Å². The first-order valence-corrected chi connectivity index (χ1v) is 10.8. The number of nitrogens with one attached hydrogen (secondary N) is 1. The summed E-state index contributed by atoms with van der Waals surface area (Å²) < 4.78 is 10.8. The largest absolute Gasteiger partial charge is 0.484 e. The lowest BCUT2D eigenvalue weighted by Gasteiger charge is -2.55. The van der Waals surface area contributed by atoms with E-state index in [4.69, 9.17) is 9.47 Å². The van der Waals surface area contributed by atoms with Crippen LogP contribution in [0.25, 0.3) is 0 Å². The van der Waals surface area contributed by atoms with E-state index in [2.05, 4.69) is 5.32 Å². The third-order valence-electron chi connectivity index (χ3n) is 4.39. The predicted octanol–water partition coefficient (Wildman–Crippen LogP) is 1.14. The fourth-order valence-corrected chi connectivity index (χ4v) is 5.29. The number of benzene rings is 1. The van der Waals surface area contributed by atoms with Gasteiger partial charge >= 0.3 is 5.97 Å². The summed E-state index contributed by atoms with van der Waals surface area (Å²) >= 11 is 2.85. The van der Waals surface area contributed by atoms with Crippen molar-refractivity contribution in [1.82, 2.24) is 10.2 Å². The number of nitrogens with zero attached hydrogens (tertiary/aromatic N) is 1. The van der Waals surface area contributed by atoms with Gasteiger partial charge in [0.25, 0.3) is 17.5 Å². The number of ether oxygens (including phenoxy) is 2. The van der Waals surface area contributed by atoms with Crippen molar-refractivity contribution < 1.29 is 29.0 Å². The van der Waals surface area contributed by atoms with E-state index < -0.39 is 28.9 Å². The first-order chi connectivity index (χ1) is 13.4. The zero-order valence-electron chi connectivity index (χ0n) is 15.3. The highest BCUT2D eigenvalue weighted by Gasteiger charge is 2.66. The lowest BCUT2D eigenvalue weighted by molar-refractivity contribution is -0.192. The maximum Gasteiger partial charge on any atom is 0.352 e. The van der Waals surface area contributed by atoms with Gasteiger partial charge in [0.2, 0.25) is 0 Å². The lowest BCUT2D eigenvalue weighted by atomic mass is 9.98. The molecule has 0 bridgehead atoms. The molecule has 1 unspecified atom stereocenters. The van der Waals surface area contributed by atoms with Crippen LogP contribution in [0.4, 0.5) is 0 Å². The van der Waals surface area contributed by atoms with Crippen molar-refractivity contribution in [3.8, 4) is 5.75 Å². The Morgan fingerprint density at radius 1 is 1.39 bits per heavy atom. The molecule has 1 aromatic carbocycles. The van der Waals surface area contributed by atoms with E-state index in [0.29, 0.717) is 22.8 Å². The average Bonchev–Trinajstić information content (AvgIpc) is 2.70. The molecule has 0 aliphatic carbocycles. The van der Waals surface area contributed by atoms with E-state index in [9.17, 15) is 19.5 Å². The monoisotopic (exact) mass is 424 g/mol. The van der Waals surface area contributed by atoms with Crippen molar-refractivity contribution in [3.05, 3.63) is 41.6 Å². The van der Waals surface area contributed by atoms with Crippen LogP contribution < -0.4 is 10.1 Å². The van der Waals surface area contributed by atoms with E-state index in [-0.39, 0.29) is 12.3 Å². The maximum atomic E-state index is 12.9. The van der Waals surface area contributed by atoms with Crippen molar-refractivity contribution in [2.24, 2.45) is 0 Å². The smallest absolute Gasteiger partial charge is 0.352 e. The molecule has 28 heavy (non-hydrogen) atoms. The number of carboxylic acid groups (broad SMARTS) is 1. The molecule has 2 heterocycles. The van der Waals surface area contributed by atoms with E-state index in [1.54, 1.807) is 24.3 Å². The van der Waals surface area contributed by atoms with Crippen LogP contribution in [0.3, 0.4) is 0 Å². The number of rotatable bonds is 8. The van der Waals surface area contributed by atoms with Crippen LogP contribution in [0, 0.1) is 0 Å². The molecule has 0 saturated carbocycles. The number of para-hydroxylation sites is 1. The Hall–Kier alpha value is -2.17. The highest BCUT2D eigenvalue weighted by Crippen LogP contribution is 2.46. The molecule has 150 valence electrons. The van der Waals surface area contributed by atoms with Gasteiger partial charge in [0, 0.05) is 18.6 Å². The van der Waals surface area contributed by atoms with Crippen molar-refractivity contribution in [1.29, 1.82) is 0 Å². The molecule has 2 aliphatic rings. The Morgan fingerprint density at radius 2 is 2.11 bits per heavy atom. The number of hydrogen-bond donors (Lipinski definition) is 2. The van der Waals surface area contributed by atoms with Crippen LogP contribution >= 0.6 is 23.5 Å². The van der Waals surface area contributed by atoms with Crippen molar-refractivity contribution in [2.45, 2.75) is 11.1 Å². The van der Waals surface area contributed by atoms with Crippen LogP contribution in [0.15, 0.2) is 41.6 Å². The molecule has 3 rings (SSSR count). The second-order valence-corrected chi connectivity index (χ2v) is 8.05. The third-order valence-corrected chi connectivity index (χ3v) is 6.40. The number of carbonyl (C=O) groups is 3. The summed E-state index contributed by atoms with van der Waals surface area (Å²) in [5.74, 6) is -0.811. The minimum atomic E-state index is -1.60. The number of aliphatic carboxylic acids is 1. The molecule has 10 heteroatoms. The standard InChI is InChI=1S/C18H20N2O6S2/c1-25-18(19-13(21)8-26-12-6-4-3-5-7-12)16(24)20-14(15(22)23)11(9-27-2)10-28-17(18)20/h3-7,17H,8-10H2,1-2H3,(H,19,21)(H,22,23)/t17-,18?/m1/s1. The first kappa shape index (κ1) is 20.6. The Balaban J connectivity index is 1.74. The van der Waals surface area contributed by atoms with Gasteiger partial charge in [-0.2, -0.15) is 11.8 Å². The lowest BCUT2D eigenvalue weighted by Crippen LogP contribution is -2.81. The highest BCUT2D eigenvalue weighted by atomic mass is 32.2. The number of fused-ring (bicyclic) bond motifs is 1. The fraction of sp³-hybridized carbons (Fsp3) is 0.389. The fourth-order valence-electron chi connectivity index (χ4n) is 3.14. The van der Waals surface area contributed by atoms with Gasteiger partial charge in [0.15, 0.2) is 6.61 Å². The van der Waals surface area contributed by atoms with E-state index in [0.717, 1.165) is 0 Å². The summed E-state index contributed by atoms with van der Waals surface area (Å²) in [5.41, 5.74) is -0.948. The van der Waals surface area contributed by atoms with E-state index >= 15 is 0 Å². The Kier molecular flexibility index (Phi) is 6.21. The molecule has 0 spiro atoms. The predicted molar refractivity (Wildman–Crippen MR) is 106 cm³/mol. The summed E-state index contributed by atoms with van der Waals surface area (Å²) in [6, 6.07) is 8.81. The Labute approximate surface area is 170 Å². The Bertz CT molecular complexity index is 816. The molecule has 0 aromatic heterocycles. The van der Waals surface area contributed by atoms with Gasteiger partial charge in [-0.05, 0) is 24.0 Å². The summed E-state index contributed by atoms with van der Waals surface area (Å²) in [7, 11) is 1.32. The number of carboxylic acids is 1. The van der Waals surface area contributed by atoms with Crippen LogP contribution in [-0.4, -0.2) is 70.4 Å². The molecule has 1 aromatic rings. The number of methoxy groups -OCH3 is 1. The van der Waals surface area contributed by atoms with Gasteiger partial charge in [-0.25, -0.2) is 4.79 Å². The van der Waals surface area contributed by atoms with Gasteiger partial charge in [-0.3, -0.25) is 14.5 Å². The van der Waals surface area contributed by atoms with Crippen molar-refractivity contribution in [3.63, 3.8) is 0 Å². The second-order valence-electron chi connectivity index (χ2n) is 6.12. The molecule has 2 atom stereocenters. The minimum absolute atomic E-state index is 0.0226. The number of β-lactam (4-membered cyclic amide) rings is 1. The average molecular weight is 425 g/mol. The normalized spacial score (nSPS) is 23.7. The van der Waals surface area contributed by atoms with Gasteiger partial charge in [0.05, 0.1) is 0 Å². The summed E-state index contributed by atoms with van der Waals surface area (Å²) in [6.45, 7) is -0.293. The van der Waals surface area contributed by atoms with E-state index in [1.165, 1.54) is 35.5 Å². The number of amides is 2. The van der Waals surface area contributed by atoms with Crippen LogP contribution in [0.2, 0.25) is 0 Å². The quantitative estimate of drug-likeness (QED) is 0.473. The Morgan fingerprint density at radius 3 is 2.71 bits per heavy atom. The summed E-state index contributed by atoms with van der Waals surface area (Å²) in [6.07, 6.45) is 1.87. The summed E-state index contributed by atoms with van der Waals surface area (Å²) in [5, 5.41) is 11.5. The highest BCUT2D eigenvalue weighted by molar-refractivity contribution is 8.00. The molecule has 2 aliphatic heterocycles. The van der Waals surface area contributed by atoms with Crippen molar-refractivity contribution in [2.75, 3.05) is 31.5 Å². The summed E-state index contributed by atoms with van der Waals surface area (Å²) in [4.78, 5) is 38.1. The first-order valence-electron chi connectivity index (χ1n) is 8.38. The number of hydrogen-bond acceptors (Lipinski definition) is 7. The van der Waals surface area contributed by atoms with Gasteiger partial charge < -0.3 is 19.9 Å². The molecule has 0 radical (unpaired) electrons. The number of thioether (sulfide) groups is 2. The van der Waals surface area contributed by atoms with Crippen LogP contribution in [0.5, 0.6) is 5.75 Å². The number of carbonyl (C=O) groups excluding carboxylic acids is 2. The minimum Gasteiger partial charge on any atom is -0.484 e. The van der Waals surface area contributed by atoms with E-state index in [1.807, 2.05) is 12.3 Å². The molecule has 1 saturated heterocycles. The molecular weight excluding hydrogens is 404 g/mol. The maximum absolute atomic E-state index is 12.9. The van der Waals surface area contributed by atoms with Gasteiger partial charge in [-0.1, -0.05) is 18.2 Å². The molecule has 2 N–H and O–H groups in total. The molecule has 1 fully saturated rings. The van der Waals surface area contributed by atoms with Crippen LogP contribution in [-0.2, 0) is 19.1 Å². The molecule has 8 nitrogen and oxygen atoms in total. The van der Waals surface area contributed by atoms with Crippen LogP contribution in [0.1, 0.15) is 0 Å². The van der Waals surface area contributed by atoms with Gasteiger partial charge in [0.1, 0.15) is 16.8 Å². The SMILES string of the molecule is COC1(NC(=O)COc2ccccc2)C(=O)N2C(C(=O)O)=C(CSC)CS[C@@H]21. The molecular formula is C18H20N2O6S2. The topological polar surface area (TPSA) is 105 Å². The third kappa shape index (κ3) is 3.59. The second kappa shape index (κ2) is 8.46. The van der Waals surface area contributed by atoms with Crippen molar-refractivity contribution >= 4 is 41.3 Å².